The van der Waals surface area contributed by atoms with Crippen LogP contribution in [0.4, 0.5) is 4.79 Å². The molecule has 1 saturated carbocycles. The summed E-state index contributed by atoms with van der Waals surface area (Å²) in [6, 6.07) is -0.993. The predicted octanol–water partition coefficient (Wildman–Crippen LogP) is 2.36. The fourth-order valence-corrected chi connectivity index (χ4v) is 2.59. The van der Waals surface area contributed by atoms with Gasteiger partial charge in [-0.2, -0.15) is 0 Å². The summed E-state index contributed by atoms with van der Waals surface area (Å²) in [6.07, 6.45) is 4.90. The van der Waals surface area contributed by atoms with Crippen LogP contribution in [0.1, 0.15) is 52.9 Å². The second-order valence-electron chi connectivity index (χ2n) is 6.01. The minimum absolute atomic E-state index is 0.169. The second kappa shape index (κ2) is 7.36. The van der Waals surface area contributed by atoms with Gasteiger partial charge in [0, 0.05) is 6.04 Å². The molecule has 0 spiro atoms. The quantitative estimate of drug-likeness (QED) is 0.717. The summed E-state index contributed by atoms with van der Waals surface area (Å²) in [7, 11) is 0. The molecule has 3 N–H and O–H groups in total. The third-order valence-electron chi connectivity index (χ3n) is 3.74. The van der Waals surface area contributed by atoms with Gasteiger partial charge in [0.2, 0.25) is 0 Å². The maximum atomic E-state index is 11.9. The summed E-state index contributed by atoms with van der Waals surface area (Å²) in [5.41, 5.74) is 0. The molecule has 1 aliphatic carbocycles. The van der Waals surface area contributed by atoms with Crippen molar-refractivity contribution < 1.29 is 14.7 Å². The molecule has 0 bridgehead atoms. The molecule has 5 heteroatoms. The van der Waals surface area contributed by atoms with E-state index in [0.717, 1.165) is 19.3 Å². The van der Waals surface area contributed by atoms with E-state index in [2.05, 4.69) is 17.6 Å². The van der Waals surface area contributed by atoms with Crippen molar-refractivity contribution in [1.29, 1.82) is 0 Å². The van der Waals surface area contributed by atoms with Gasteiger partial charge in [-0.15, -0.1) is 0 Å². The van der Waals surface area contributed by atoms with Crippen LogP contribution in [0.2, 0.25) is 0 Å². The van der Waals surface area contributed by atoms with Crippen LogP contribution in [0.3, 0.4) is 0 Å². The highest BCUT2D eigenvalue weighted by Crippen LogP contribution is 2.23. The van der Waals surface area contributed by atoms with E-state index in [9.17, 15) is 9.59 Å². The molecule has 3 atom stereocenters. The van der Waals surface area contributed by atoms with Gasteiger partial charge in [-0.25, -0.2) is 9.59 Å². The number of hydrogen-bond donors (Lipinski definition) is 3. The van der Waals surface area contributed by atoms with Crippen LogP contribution >= 0.6 is 0 Å². The highest BCUT2D eigenvalue weighted by atomic mass is 16.4. The van der Waals surface area contributed by atoms with Crippen LogP contribution in [0.5, 0.6) is 0 Å². The van der Waals surface area contributed by atoms with Crippen molar-refractivity contribution in [2.45, 2.75) is 65.0 Å². The largest absolute Gasteiger partial charge is 0.480 e. The molecule has 19 heavy (non-hydrogen) atoms. The minimum atomic E-state index is -0.972. The number of urea groups is 1. The minimum Gasteiger partial charge on any atom is -0.480 e. The lowest BCUT2D eigenvalue weighted by Crippen LogP contribution is -2.51. The molecule has 0 radical (unpaired) electrons. The van der Waals surface area contributed by atoms with Crippen LogP contribution in [0.15, 0.2) is 0 Å². The molecule has 0 unspecified atom stereocenters. The molecular weight excluding hydrogens is 244 g/mol. The molecule has 0 aromatic carbocycles. The first-order valence-electron chi connectivity index (χ1n) is 7.20. The zero-order valence-electron chi connectivity index (χ0n) is 12.1. The average molecular weight is 270 g/mol. The van der Waals surface area contributed by atoms with Gasteiger partial charge < -0.3 is 15.7 Å². The van der Waals surface area contributed by atoms with Crippen LogP contribution in [-0.2, 0) is 4.79 Å². The Kier molecular flexibility index (Phi) is 6.12. The smallest absolute Gasteiger partial charge is 0.326 e. The van der Waals surface area contributed by atoms with Crippen molar-refractivity contribution >= 4 is 12.0 Å². The van der Waals surface area contributed by atoms with Gasteiger partial charge in [-0.05, 0) is 31.1 Å². The zero-order chi connectivity index (χ0) is 14.4. The number of aliphatic carboxylic acids is 1. The lowest BCUT2D eigenvalue weighted by atomic mass is 9.86. The van der Waals surface area contributed by atoms with Crippen molar-refractivity contribution in [2.75, 3.05) is 0 Å². The Balaban J connectivity index is 2.45. The number of carboxylic acids is 1. The first kappa shape index (κ1) is 15.8. The summed E-state index contributed by atoms with van der Waals surface area (Å²) in [4.78, 5) is 23.0. The number of carboxylic acid groups (broad SMARTS) is 1. The van der Waals surface area contributed by atoms with E-state index < -0.39 is 12.0 Å². The molecule has 0 aromatic heterocycles. The van der Waals surface area contributed by atoms with E-state index in [4.69, 9.17) is 5.11 Å². The molecule has 1 rings (SSSR count). The van der Waals surface area contributed by atoms with Gasteiger partial charge in [0.15, 0.2) is 0 Å². The topological polar surface area (TPSA) is 78.4 Å². The summed E-state index contributed by atoms with van der Waals surface area (Å²) in [5.74, 6) is -0.275. The lowest BCUT2D eigenvalue weighted by molar-refractivity contribution is -0.139. The van der Waals surface area contributed by atoms with E-state index in [1.54, 1.807) is 0 Å². The maximum absolute atomic E-state index is 11.9. The molecule has 0 heterocycles. The van der Waals surface area contributed by atoms with Crippen LogP contribution in [0, 0.1) is 11.8 Å². The lowest BCUT2D eigenvalue weighted by Gasteiger charge is -2.30. The molecule has 0 saturated heterocycles. The Hall–Kier alpha value is -1.26. The van der Waals surface area contributed by atoms with Crippen molar-refractivity contribution in [1.82, 2.24) is 10.6 Å². The average Bonchev–Trinajstić information content (AvgIpc) is 2.30. The highest BCUT2D eigenvalue weighted by molar-refractivity contribution is 5.82. The SMILES string of the molecule is CC(C)C[C@H](NC(=O)N[C@H]1CCCC[C@@H]1C)C(=O)O. The second-order valence-corrected chi connectivity index (χ2v) is 6.01. The van der Waals surface area contributed by atoms with E-state index in [1.807, 2.05) is 13.8 Å². The standard InChI is InChI=1S/C14H26N2O3/c1-9(2)8-12(13(17)18)16-14(19)15-11-7-5-4-6-10(11)3/h9-12H,4-8H2,1-3H3,(H,17,18)(H2,15,16,19)/t10-,11-,12-/m0/s1. The normalized spacial score (nSPS) is 24.8. The van der Waals surface area contributed by atoms with E-state index in [0.29, 0.717) is 12.3 Å². The number of rotatable bonds is 5. The van der Waals surface area contributed by atoms with Crippen molar-refractivity contribution in [3.63, 3.8) is 0 Å². The Morgan fingerprint density at radius 3 is 2.42 bits per heavy atom. The summed E-state index contributed by atoms with van der Waals surface area (Å²) >= 11 is 0. The summed E-state index contributed by atoms with van der Waals surface area (Å²) < 4.78 is 0. The van der Waals surface area contributed by atoms with Crippen LogP contribution in [0.25, 0.3) is 0 Å². The van der Waals surface area contributed by atoms with Gasteiger partial charge in [0.1, 0.15) is 6.04 Å². The first-order chi connectivity index (χ1) is 8.90. The molecule has 0 aromatic rings. The highest BCUT2D eigenvalue weighted by Gasteiger charge is 2.25. The molecule has 2 amide bonds. The fourth-order valence-electron chi connectivity index (χ4n) is 2.59. The number of nitrogens with one attached hydrogen (secondary N) is 2. The Morgan fingerprint density at radius 1 is 1.26 bits per heavy atom. The molecule has 5 nitrogen and oxygen atoms in total. The van der Waals surface area contributed by atoms with Gasteiger partial charge >= 0.3 is 12.0 Å². The number of carbonyl (C=O) groups excluding carboxylic acids is 1. The number of amides is 2. The van der Waals surface area contributed by atoms with Crippen molar-refractivity contribution in [3.05, 3.63) is 0 Å². The third kappa shape index (κ3) is 5.49. The van der Waals surface area contributed by atoms with Crippen LogP contribution in [-0.4, -0.2) is 29.2 Å². The maximum Gasteiger partial charge on any atom is 0.326 e. The Morgan fingerprint density at radius 2 is 1.89 bits per heavy atom. The van der Waals surface area contributed by atoms with E-state index in [-0.39, 0.29) is 18.0 Å². The van der Waals surface area contributed by atoms with E-state index in [1.165, 1.54) is 6.42 Å². The van der Waals surface area contributed by atoms with Crippen molar-refractivity contribution in [2.24, 2.45) is 11.8 Å². The summed E-state index contributed by atoms with van der Waals surface area (Å²) in [6.45, 7) is 6.02. The fraction of sp³-hybridized carbons (Fsp3) is 0.857. The number of carbonyl (C=O) groups is 2. The Labute approximate surface area is 115 Å². The molecule has 110 valence electrons. The van der Waals surface area contributed by atoms with Crippen molar-refractivity contribution in [3.8, 4) is 0 Å². The van der Waals surface area contributed by atoms with Gasteiger partial charge in [-0.1, -0.05) is 33.6 Å². The van der Waals surface area contributed by atoms with Gasteiger partial charge in [-0.3, -0.25) is 0 Å². The predicted molar refractivity (Wildman–Crippen MR) is 74.0 cm³/mol. The zero-order valence-corrected chi connectivity index (χ0v) is 12.1. The van der Waals surface area contributed by atoms with E-state index >= 15 is 0 Å². The first-order valence-corrected chi connectivity index (χ1v) is 7.20. The summed E-state index contributed by atoms with van der Waals surface area (Å²) in [5, 5.41) is 14.6. The molecule has 1 fully saturated rings. The van der Waals surface area contributed by atoms with Crippen LogP contribution < -0.4 is 10.6 Å². The molecule has 1 aliphatic rings. The number of hydrogen-bond acceptors (Lipinski definition) is 2. The van der Waals surface area contributed by atoms with Gasteiger partial charge in [0.05, 0.1) is 0 Å². The Bertz CT molecular complexity index is 318. The molecular formula is C14H26N2O3. The van der Waals surface area contributed by atoms with Gasteiger partial charge in [0.25, 0.3) is 0 Å². The molecule has 0 aliphatic heterocycles. The monoisotopic (exact) mass is 270 g/mol. The third-order valence-corrected chi connectivity index (χ3v) is 3.74.